The lowest BCUT2D eigenvalue weighted by atomic mass is 9.89. The number of rotatable bonds is 7. The summed E-state index contributed by atoms with van der Waals surface area (Å²) >= 11 is 1.71. The monoisotopic (exact) mass is 428 g/mol. The largest absolute Gasteiger partial charge is 0.493 e. The van der Waals surface area contributed by atoms with Gasteiger partial charge in [0.2, 0.25) is 0 Å². The summed E-state index contributed by atoms with van der Waals surface area (Å²) in [4.78, 5) is 23.0. The second-order valence-electron chi connectivity index (χ2n) is 8.24. The van der Waals surface area contributed by atoms with Crippen LogP contribution in [0.4, 0.5) is 0 Å². The number of hydrogen-bond donors (Lipinski definition) is 2. The average molecular weight is 429 g/mol. The van der Waals surface area contributed by atoms with Gasteiger partial charge in [-0.05, 0) is 55.4 Å². The molecule has 7 heteroatoms. The summed E-state index contributed by atoms with van der Waals surface area (Å²) in [6, 6.07) is 6.09. The Hall–Kier alpha value is -2.38. The highest BCUT2D eigenvalue weighted by Crippen LogP contribution is 2.35. The van der Waals surface area contributed by atoms with Gasteiger partial charge in [-0.2, -0.15) is 0 Å². The second kappa shape index (κ2) is 8.78. The third-order valence-corrected chi connectivity index (χ3v) is 7.16. The standard InChI is InChI=1S/C23H29N3O3S/c1-13-5-7-16-19(11-13)30-23-20(16)22(27)25-21(26-23)14(2)24-10-9-15-6-8-17(28-3)18(12-15)29-4/h6,8,12-14,24H,5,7,9-11H2,1-4H3,(H,25,26,27)/p+1/t13-,14-/m1/s1. The molecule has 0 amide bonds. The van der Waals surface area contributed by atoms with Crippen LogP contribution in [-0.4, -0.2) is 30.7 Å². The van der Waals surface area contributed by atoms with Crippen molar-refractivity contribution in [2.45, 2.75) is 45.6 Å². The van der Waals surface area contributed by atoms with Crippen LogP contribution < -0.4 is 20.3 Å². The van der Waals surface area contributed by atoms with E-state index in [0.29, 0.717) is 5.92 Å². The predicted octanol–water partition coefficient (Wildman–Crippen LogP) is 2.99. The third-order valence-electron chi connectivity index (χ3n) is 6.02. The minimum atomic E-state index is 0.0159. The normalized spacial score (nSPS) is 17.0. The number of benzene rings is 1. The van der Waals surface area contributed by atoms with E-state index >= 15 is 0 Å². The number of aromatic nitrogens is 2. The van der Waals surface area contributed by atoms with Crippen LogP contribution in [0, 0.1) is 5.92 Å². The fourth-order valence-corrected chi connectivity index (χ4v) is 5.62. The Kier molecular flexibility index (Phi) is 6.11. The molecule has 0 bridgehead atoms. The van der Waals surface area contributed by atoms with Crippen LogP contribution in [0.25, 0.3) is 10.2 Å². The fourth-order valence-electron chi connectivity index (χ4n) is 4.23. The van der Waals surface area contributed by atoms with Crippen LogP contribution in [0.5, 0.6) is 11.5 Å². The van der Waals surface area contributed by atoms with Gasteiger partial charge in [-0.3, -0.25) is 4.79 Å². The maximum atomic E-state index is 12.8. The van der Waals surface area contributed by atoms with Gasteiger partial charge in [0, 0.05) is 11.3 Å². The number of aryl methyl sites for hydroxylation is 1. The van der Waals surface area contributed by atoms with Crippen LogP contribution in [0.1, 0.15) is 48.1 Å². The Bertz CT molecular complexity index is 1110. The zero-order valence-corrected chi connectivity index (χ0v) is 18.9. The Balaban J connectivity index is 1.46. The molecule has 0 saturated heterocycles. The van der Waals surface area contributed by atoms with E-state index in [1.54, 1.807) is 25.6 Å². The lowest BCUT2D eigenvalue weighted by Gasteiger charge is -2.17. The second-order valence-corrected chi connectivity index (χ2v) is 9.32. The van der Waals surface area contributed by atoms with E-state index in [0.717, 1.165) is 59.8 Å². The van der Waals surface area contributed by atoms with Crippen LogP contribution in [-0.2, 0) is 19.3 Å². The van der Waals surface area contributed by atoms with Gasteiger partial charge in [0.15, 0.2) is 17.3 Å². The van der Waals surface area contributed by atoms with Gasteiger partial charge >= 0.3 is 0 Å². The van der Waals surface area contributed by atoms with Crippen molar-refractivity contribution in [3.63, 3.8) is 0 Å². The van der Waals surface area contributed by atoms with Crippen LogP contribution in [0.15, 0.2) is 23.0 Å². The van der Waals surface area contributed by atoms with Gasteiger partial charge in [0.1, 0.15) is 10.9 Å². The minimum Gasteiger partial charge on any atom is -0.493 e. The van der Waals surface area contributed by atoms with Gasteiger partial charge < -0.3 is 19.8 Å². The minimum absolute atomic E-state index is 0.0159. The number of nitrogens with two attached hydrogens (primary N) is 1. The zero-order chi connectivity index (χ0) is 21.3. The van der Waals surface area contributed by atoms with Gasteiger partial charge in [0.05, 0.1) is 26.2 Å². The zero-order valence-electron chi connectivity index (χ0n) is 18.1. The molecule has 2 atom stereocenters. The molecule has 2 aromatic heterocycles. The molecule has 4 rings (SSSR count). The van der Waals surface area contributed by atoms with Crippen molar-refractivity contribution in [2.24, 2.45) is 5.92 Å². The molecular formula is C23H30N3O3S+. The first kappa shape index (κ1) is 20.9. The quantitative estimate of drug-likeness (QED) is 0.606. The van der Waals surface area contributed by atoms with Crippen molar-refractivity contribution in [3.05, 3.63) is 50.4 Å². The van der Waals surface area contributed by atoms with Crippen molar-refractivity contribution in [3.8, 4) is 11.5 Å². The van der Waals surface area contributed by atoms with Crippen molar-refractivity contribution in [2.75, 3.05) is 20.8 Å². The topological polar surface area (TPSA) is 80.8 Å². The van der Waals surface area contributed by atoms with E-state index in [-0.39, 0.29) is 11.6 Å². The number of nitrogens with zero attached hydrogens (tertiary/aromatic N) is 1. The predicted molar refractivity (Wildman–Crippen MR) is 120 cm³/mol. The Labute approximate surface area is 180 Å². The lowest BCUT2D eigenvalue weighted by molar-refractivity contribution is -0.693. The van der Waals surface area contributed by atoms with E-state index in [1.165, 1.54) is 16.0 Å². The SMILES string of the molecule is COc1ccc(CC[NH2+][C@H](C)c2nc3sc4c(c3c(=O)[nH]2)CC[C@@H](C)C4)cc1OC. The third kappa shape index (κ3) is 4.09. The molecule has 3 aromatic rings. The number of methoxy groups -OCH3 is 2. The number of hydrogen-bond acceptors (Lipinski definition) is 5. The van der Waals surface area contributed by atoms with E-state index in [1.807, 2.05) is 12.1 Å². The maximum absolute atomic E-state index is 12.8. The van der Waals surface area contributed by atoms with E-state index in [9.17, 15) is 4.79 Å². The highest BCUT2D eigenvalue weighted by atomic mass is 32.1. The van der Waals surface area contributed by atoms with Crippen molar-refractivity contribution < 1.29 is 14.8 Å². The van der Waals surface area contributed by atoms with E-state index in [2.05, 4.69) is 30.2 Å². The molecule has 6 nitrogen and oxygen atoms in total. The molecular weight excluding hydrogens is 398 g/mol. The molecule has 1 aromatic carbocycles. The summed E-state index contributed by atoms with van der Waals surface area (Å²) in [6.07, 6.45) is 4.11. The Morgan fingerprint density at radius 2 is 2.10 bits per heavy atom. The van der Waals surface area contributed by atoms with Gasteiger partial charge in [0.25, 0.3) is 5.56 Å². The van der Waals surface area contributed by atoms with Gasteiger partial charge in [-0.15, -0.1) is 11.3 Å². The van der Waals surface area contributed by atoms with Crippen molar-refractivity contribution in [1.29, 1.82) is 0 Å². The van der Waals surface area contributed by atoms with Gasteiger partial charge in [-0.1, -0.05) is 13.0 Å². The highest BCUT2D eigenvalue weighted by Gasteiger charge is 2.24. The summed E-state index contributed by atoms with van der Waals surface area (Å²) in [5.41, 5.74) is 2.44. The highest BCUT2D eigenvalue weighted by molar-refractivity contribution is 7.18. The molecule has 3 N–H and O–H groups in total. The summed E-state index contributed by atoms with van der Waals surface area (Å²) in [6.45, 7) is 5.26. The molecule has 1 aliphatic carbocycles. The number of ether oxygens (including phenoxy) is 2. The molecule has 0 radical (unpaired) electrons. The number of thiophene rings is 1. The van der Waals surface area contributed by atoms with Crippen molar-refractivity contribution >= 4 is 21.6 Å². The maximum Gasteiger partial charge on any atom is 0.260 e. The van der Waals surface area contributed by atoms with Crippen molar-refractivity contribution in [1.82, 2.24) is 9.97 Å². The number of nitrogens with one attached hydrogen (secondary N) is 1. The first-order valence-corrected chi connectivity index (χ1v) is 11.4. The van der Waals surface area contributed by atoms with E-state index < -0.39 is 0 Å². The summed E-state index contributed by atoms with van der Waals surface area (Å²) in [7, 11) is 3.29. The van der Waals surface area contributed by atoms with E-state index in [4.69, 9.17) is 14.5 Å². The summed E-state index contributed by atoms with van der Waals surface area (Å²) in [5, 5.41) is 3.04. The summed E-state index contributed by atoms with van der Waals surface area (Å²) < 4.78 is 10.7. The number of fused-ring (bicyclic) bond motifs is 3. The van der Waals surface area contributed by atoms with Crippen LogP contribution in [0.2, 0.25) is 0 Å². The first-order valence-electron chi connectivity index (χ1n) is 10.6. The molecule has 2 heterocycles. The fraction of sp³-hybridized carbons (Fsp3) is 0.478. The Morgan fingerprint density at radius 3 is 2.87 bits per heavy atom. The molecule has 0 aliphatic heterocycles. The smallest absolute Gasteiger partial charge is 0.260 e. The molecule has 160 valence electrons. The molecule has 1 aliphatic rings. The number of quaternary nitrogens is 1. The van der Waals surface area contributed by atoms with Crippen LogP contribution >= 0.6 is 11.3 Å². The lowest BCUT2D eigenvalue weighted by Crippen LogP contribution is -2.85. The first-order chi connectivity index (χ1) is 14.5. The number of H-pyrrole nitrogens is 1. The Morgan fingerprint density at radius 1 is 1.30 bits per heavy atom. The van der Waals surface area contributed by atoms with Crippen LogP contribution in [0.3, 0.4) is 0 Å². The molecule has 0 saturated carbocycles. The molecule has 30 heavy (non-hydrogen) atoms. The molecule has 0 unspecified atom stereocenters. The van der Waals surface area contributed by atoms with Gasteiger partial charge in [-0.25, -0.2) is 4.98 Å². The number of aromatic amines is 1. The molecule has 0 spiro atoms. The summed E-state index contributed by atoms with van der Waals surface area (Å²) in [5.74, 6) is 2.93. The molecule has 0 fully saturated rings. The average Bonchev–Trinajstić information content (AvgIpc) is 3.11.